The highest BCUT2D eigenvalue weighted by Gasteiger charge is 2.44. The van der Waals surface area contributed by atoms with Crippen LogP contribution < -0.4 is 58.5 Å². The summed E-state index contributed by atoms with van der Waals surface area (Å²) in [6.45, 7) is 17.9. The number of amides is 13. The van der Waals surface area contributed by atoms with Crippen LogP contribution in [0.25, 0.3) is 0 Å². The molecule has 3 fully saturated rings. The van der Waals surface area contributed by atoms with E-state index in [4.69, 9.17) is 9.47 Å². The van der Waals surface area contributed by atoms with Gasteiger partial charge in [-0.1, -0.05) is 191 Å². The maximum absolute atomic E-state index is 15.3. The van der Waals surface area contributed by atoms with Crippen LogP contribution in [0.4, 0.5) is 9.59 Å². The number of hydrogen-bond donors (Lipinski definition) is 11. The van der Waals surface area contributed by atoms with E-state index in [0.29, 0.717) is 24.0 Å². The molecule has 28 nitrogen and oxygen atoms in total. The Balaban J connectivity index is 1.26. The average Bonchev–Trinajstić information content (AvgIpc) is 1.57. The molecule has 0 aliphatic carbocycles. The van der Waals surface area contributed by atoms with Crippen molar-refractivity contribution in [3.05, 3.63) is 144 Å². The third kappa shape index (κ3) is 27.6. The molecule has 7 rings (SSSR count). The Morgan fingerprint density at radius 3 is 0.945 bits per heavy atom. The lowest BCUT2D eigenvalue weighted by molar-refractivity contribution is -0.143. The van der Waals surface area contributed by atoms with Crippen molar-refractivity contribution in [3.8, 4) is 0 Å². The Labute approximate surface area is 646 Å². The predicted molar refractivity (Wildman–Crippen MR) is 413 cm³/mol. The van der Waals surface area contributed by atoms with Gasteiger partial charge in [-0.15, -0.1) is 0 Å². The highest BCUT2D eigenvalue weighted by atomic mass is 16.6. The van der Waals surface area contributed by atoms with Gasteiger partial charge in [0, 0.05) is 39.0 Å². The lowest BCUT2D eigenvalue weighted by atomic mass is 9.98. The van der Waals surface area contributed by atoms with Crippen LogP contribution in [0.5, 0.6) is 0 Å². The van der Waals surface area contributed by atoms with Gasteiger partial charge in [-0.05, 0) is 122 Å². The van der Waals surface area contributed by atoms with Gasteiger partial charge in [-0.25, -0.2) is 9.59 Å². The standard InChI is InChI=1S/C82H115N13O15/c1-50(2)43-61-72(98)89-63(45-52(5)6)74(100)91-65(47-56-29-17-12-18-30-56)80(106)95-42-26-38-67(95)76(102)93-69(54(9)10)78(104)86-60(36-24-40-84-82(108)110-49-58-33-21-14-22-34-58)71(97)88-62(44-51(3)4)73(99)90-64(46-55-27-15-11-16-28-55)79(105)94-41-25-37-66(94)75(101)92-68(53(7)8)77(103)85-59(70(96)87-61)35-23-39-83-81(107)109-48-57-31-19-13-20-32-57/h11-22,27-34,50-54,59-69H,23-26,35-49H2,1-10H3,(H,83,107)(H,84,108)(H,85,103)(H,86,104)(H,87,96)(H,88,97)(H,89,98)(H,90,99)(H,91,100)(H,92,101)(H,93,102)/t59-,60-,61-,62-,63-,64+,65+,66-,67-,68-,69-/m0/s1. The Bertz CT molecular complexity index is 3720. The molecule has 4 aromatic rings. The van der Waals surface area contributed by atoms with E-state index in [9.17, 15) is 38.4 Å². The smallest absolute Gasteiger partial charge is 0.407 e. The summed E-state index contributed by atoms with van der Waals surface area (Å²) in [5.41, 5.74) is 2.81. The Morgan fingerprint density at radius 1 is 0.364 bits per heavy atom. The summed E-state index contributed by atoms with van der Waals surface area (Å²) in [4.78, 5) is 194. The van der Waals surface area contributed by atoms with Gasteiger partial charge in [0.1, 0.15) is 79.7 Å². The first-order valence-corrected chi connectivity index (χ1v) is 38.9. The Morgan fingerprint density at radius 2 is 0.645 bits per heavy atom. The average molecular weight is 1520 g/mol. The normalized spacial score (nSPS) is 23.6. The molecule has 0 saturated carbocycles. The number of nitrogens with one attached hydrogen (secondary N) is 11. The van der Waals surface area contributed by atoms with Crippen LogP contribution in [-0.4, -0.2) is 180 Å². The van der Waals surface area contributed by atoms with Gasteiger partial charge in [0.15, 0.2) is 0 Å². The van der Waals surface area contributed by atoms with Crippen molar-refractivity contribution in [1.29, 1.82) is 0 Å². The molecule has 0 unspecified atom stereocenters. The molecule has 0 radical (unpaired) electrons. The van der Waals surface area contributed by atoms with Gasteiger partial charge < -0.3 is 77.8 Å². The molecule has 3 aliphatic heterocycles. The van der Waals surface area contributed by atoms with Gasteiger partial charge in [-0.2, -0.15) is 0 Å². The molecule has 11 atom stereocenters. The molecule has 3 saturated heterocycles. The first kappa shape index (κ1) is 86.8. The summed E-state index contributed by atoms with van der Waals surface area (Å²) in [5.74, 6) is -10.0. The monoisotopic (exact) mass is 1520 g/mol. The summed E-state index contributed by atoms with van der Waals surface area (Å²) in [6.07, 6.45) is -0.384. The highest BCUT2D eigenvalue weighted by Crippen LogP contribution is 2.24. The zero-order valence-electron chi connectivity index (χ0n) is 65.2. The maximum atomic E-state index is 15.3. The van der Waals surface area contributed by atoms with Gasteiger partial charge >= 0.3 is 12.2 Å². The quantitative estimate of drug-likeness (QED) is 0.0375. The topological polar surface area (TPSA) is 379 Å². The minimum atomic E-state index is -1.41. The molecular formula is C82H115N13O15. The van der Waals surface area contributed by atoms with E-state index in [1.165, 1.54) is 9.80 Å². The maximum Gasteiger partial charge on any atom is 0.407 e. The van der Waals surface area contributed by atoms with Crippen LogP contribution in [0, 0.1) is 29.6 Å². The number of fused-ring (bicyclic) bond motifs is 2. The van der Waals surface area contributed by atoms with Gasteiger partial charge in [-0.3, -0.25) is 52.7 Å². The lowest BCUT2D eigenvalue weighted by Crippen LogP contribution is -2.61. The van der Waals surface area contributed by atoms with E-state index >= 15 is 24.0 Å². The second kappa shape index (κ2) is 43.7. The van der Waals surface area contributed by atoms with E-state index in [2.05, 4.69) is 58.5 Å². The number of nitrogens with zero attached hydrogens (tertiary/aromatic N) is 2. The van der Waals surface area contributed by atoms with Crippen LogP contribution in [0.1, 0.15) is 162 Å². The number of alkyl carbamates (subject to hydrolysis) is 2. The number of hydrogen-bond acceptors (Lipinski definition) is 15. The van der Waals surface area contributed by atoms with E-state index in [1.54, 1.807) is 137 Å². The first-order chi connectivity index (χ1) is 52.5. The second-order valence-electron chi connectivity index (χ2n) is 30.8. The van der Waals surface area contributed by atoms with Crippen LogP contribution in [0.2, 0.25) is 0 Å². The third-order valence-corrected chi connectivity index (χ3v) is 19.6. The van der Waals surface area contributed by atoms with Crippen molar-refractivity contribution in [2.75, 3.05) is 26.2 Å². The summed E-state index contributed by atoms with van der Waals surface area (Å²) in [5, 5.41) is 31.2. The SMILES string of the molecule is CC(C)C[C@@H]1NC(=O)[C@H](CCCNC(=O)OCc2ccccc2)NC(=O)[C@H](C(C)C)NC(=O)[C@@H]2CCCN2C(=O)[C@@H](Cc2ccccc2)NC(=O)[C@H](CC(C)C)NC(=O)[C@H](CCCNC(=O)OCc2ccccc2)NC(=O)[C@H](C(C)C)NC(=O)[C@@H]2CCCN2C(=O)[C@@H](Cc2ccccc2)NC(=O)[C@H](CC(C)C)NC1=O. The van der Waals surface area contributed by atoms with Crippen LogP contribution in [-0.2, 0) is 88.3 Å². The molecule has 0 spiro atoms. The lowest BCUT2D eigenvalue weighted by Gasteiger charge is -2.32. The number of ether oxygens (including phenoxy) is 2. The minimum absolute atomic E-state index is 0.0127. The minimum Gasteiger partial charge on any atom is -0.445 e. The molecule has 110 heavy (non-hydrogen) atoms. The van der Waals surface area contributed by atoms with Crippen molar-refractivity contribution >= 4 is 77.2 Å². The van der Waals surface area contributed by atoms with E-state index in [1.807, 2.05) is 53.7 Å². The summed E-state index contributed by atoms with van der Waals surface area (Å²) in [6, 6.07) is 21.5. The van der Waals surface area contributed by atoms with E-state index in [0.717, 1.165) is 11.1 Å². The van der Waals surface area contributed by atoms with Crippen LogP contribution >= 0.6 is 0 Å². The molecule has 4 aromatic carbocycles. The largest absolute Gasteiger partial charge is 0.445 e. The van der Waals surface area contributed by atoms with Crippen molar-refractivity contribution < 1.29 is 71.8 Å². The molecular weight excluding hydrogens is 1410 g/mol. The Kier molecular flexibility index (Phi) is 34.5. The van der Waals surface area contributed by atoms with Gasteiger partial charge in [0.05, 0.1) is 0 Å². The van der Waals surface area contributed by atoms with Crippen molar-refractivity contribution in [1.82, 2.24) is 68.3 Å². The van der Waals surface area contributed by atoms with Crippen molar-refractivity contribution in [3.63, 3.8) is 0 Å². The van der Waals surface area contributed by atoms with Gasteiger partial charge in [0.2, 0.25) is 65.0 Å². The second-order valence-corrected chi connectivity index (χ2v) is 30.8. The zero-order chi connectivity index (χ0) is 80.0. The molecule has 28 heteroatoms. The molecule has 3 heterocycles. The third-order valence-electron chi connectivity index (χ3n) is 19.6. The van der Waals surface area contributed by atoms with Crippen LogP contribution in [0.15, 0.2) is 121 Å². The molecule has 3 aliphatic rings. The van der Waals surface area contributed by atoms with E-state index < -0.39 is 155 Å². The number of carbonyl (C=O) groups excluding carboxylic acids is 13. The summed E-state index contributed by atoms with van der Waals surface area (Å²) in [7, 11) is 0. The fraction of sp³-hybridized carbons (Fsp3) is 0.549. The fourth-order valence-electron chi connectivity index (χ4n) is 13.7. The molecule has 13 amide bonds. The Hall–Kier alpha value is -10.4. The van der Waals surface area contributed by atoms with E-state index in [-0.39, 0.29) is 128 Å². The van der Waals surface area contributed by atoms with Crippen molar-refractivity contribution in [2.45, 2.75) is 232 Å². The molecule has 0 aromatic heterocycles. The number of benzene rings is 4. The predicted octanol–water partition coefficient (Wildman–Crippen LogP) is 5.69. The fourth-order valence-corrected chi connectivity index (χ4v) is 13.7. The van der Waals surface area contributed by atoms with Crippen LogP contribution in [0.3, 0.4) is 0 Å². The molecule has 598 valence electrons. The molecule has 0 bridgehead atoms. The zero-order valence-corrected chi connectivity index (χ0v) is 65.2. The summed E-state index contributed by atoms with van der Waals surface area (Å²) >= 11 is 0. The first-order valence-electron chi connectivity index (χ1n) is 38.9. The summed E-state index contributed by atoms with van der Waals surface area (Å²) < 4.78 is 10.8. The molecule has 11 N–H and O–H groups in total. The van der Waals surface area contributed by atoms with Crippen molar-refractivity contribution in [2.24, 2.45) is 29.6 Å². The highest BCUT2D eigenvalue weighted by molar-refractivity contribution is 6.00. The van der Waals surface area contributed by atoms with Gasteiger partial charge in [0.25, 0.3) is 0 Å². The number of carbonyl (C=O) groups is 13. The number of rotatable bonds is 24.